The van der Waals surface area contributed by atoms with Crippen LogP contribution in [0.4, 0.5) is 0 Å². The van der Waals surface area contributed by atoms with Crippen LogP contribution in [0.5, 0.6) is 5.75 Å². The number of hydrogen-bond donors (Lipinski definition) is 0. The van der Waals surface area contributed by atoms with E-state index in [1.54, 1.807) is 26.0 Å². The number of esters is 2. The van der Waals surface area contributed by atoms with E-state index in [0.29, 0.717) is 28.0 Å². The van der Waals surface area contributed by atoms with Crippen LogP contribution in [-0.4, -0.2) is 30.3 Å². The molecule has 0 fully saturated rings. The van der Waals surface area contributed by atoms with Gasteiger partial charge >= 0.3 is 11.9 Å². The Labute approximate surface area is 184 Å². The Morgan fingerprint density at radius 1 is 1.06 bits per heavy atom. The van der Waals surface area contributed by atoms with E-state index >= 15 is 0 Å². The maximum absolute atomic E-state index is 12.9. The summed E-state index contributed by atoms with van der Waals surface area (Å²) in [6, 6.07) is 14.1. The topological polar surface area (TPSA) is 92.0 Å². The van der Waals surface area contributed by atoms with Gasteiger partial charge in [-0.25, -0.2) is 0 Å². The van der Waals surface area contributed by atoms with Gasteiger partial charge in [0, 0.05) is 31.0 Å². The first kappa shape index (κ1) is 21.6. The van der Waals surface area contributed by atoms with E-state index < -0.39 is 29.6 Å². The summed E-state index contributed by atoms with van der Waals surface area (Å²) >= 11 is 0. The Morgan fingerprint density at radius 3 is 2.44 bits per heavy atom. The second-order valence-electron chi connectivity index (χ2n) is 8.34. The van der Waals surface area contributed by atoms with Gasteiger partial charge in [0.1, 0.15) is 22.7 Å². The summed E-state index contributed by atoms with van der Waals surface area (Å²) in [4.78, 5) is 36.6. The fourth-order valence-electron chi connectivity index (χ4n) is 4.26. The molecule has 166 valence electrons. The molecule has 4 rings (SSSR count). The van der Waals surface area contributed by atoms with E-state index in [2.05, 4.69) is 0 Å². The van der Waals surface area contributed by atoms with Crippen LogP contribution in [0.1, 0.15) is 39.2 Å². The highest BCUT2D eigenvalue weighted by atomic mass is 16.6. The molecule has 0 amide bonds. The molecule has 0 saturated heterocycles. The summed E-state index contributed by atoms with van der Waals surface area (Å²) in [5, 5.41) is 0.394. The third kappa shape index (κ3) is 3.98. The average molecular weight is 436 g/mol. The first-order valence-corrected chi connectivity index (χ1v) is 10.3. The highest BCUT2D eigenvalue weighted by Crippen LogP contribution is 2.45. The van der Waals surface area contributed by atoms with Crippen molar-refractivity contribution in [2.24, 2.45) is 0 Å². The molecule has 2 aromatic carbocycles. The molecule has 0 spiro atoms. The van der Waals surface area contributed by atoms with Gasteiger partial charge in [-0.15, -0.1) is 0 Å². The zero-order valence-electron chi connectivity index (χ0n) is 18.3. The number of carbonyl (C=O) groups excluding carboxylic acids is 2. The SMILES string of the molecule is CC(=O)O[C@@H]([C@H]1COc2ccc3c(=O)cc(-c4ccccc4)oc3c21)C(C)(C)OC(C)=O. The molecule has 1 aliphatic heterocycles. The van der Waals surface area contributed by atoms with Gasteiger partial charge < -0.3 is 18.6 Å². The van der Waals surface area contributed by atoms with Crippen LogP contribution in [0.3, 0.4) is 0 Å². The highest BCUT2D eigenvalue weighted by molar-refractivity contribution is 5.85. The minimum atomic E-state index is -1.15. The van der Waals surface area contributed by atoms with E-state index in [0.717, 1.165) is 5.56 Å². The fraction of sp³-hybridized carbons (Fsp3) is 0.320. The summed E-state index contributed by atoms with van der Waals surface area (Å²) in [5.74, 6) is -0.573. The highest BCUT2D eigenvalue weighted by Gasteiger charge is 2.46. The molecule has 0 aliphatic carbocycles. The summed E-state index contributed by atoms with van der Waals surface area (Å²) in [6.45, 7) is 6.13. The third-order valence-corrected chi connectivity index (χ3v) is 5.49. The van der Waals surface area contributed by atoms with E-state index in [1.165, 1.54) is 19.9 Å². The van der Waals surface area contributed by atoms with Crippen LogP contribution in [0.2, 0.25) is 0 Å². The Hall–Kier alpha value is -3.61. The van der Waals surface area contributed by atoms with Crippen molar-refractivity contribution >= 4 is 22.9 Å². The van der Waals surface area contributed by atoms with Gasteiger partial charge in [-0.05, 0) is 26.0 Å². The minimum absolute atomic E-state index is 0.177. The van der Waals surface area contributed by atoms with Gasteiger partial charge in [0.25, 0.3) is 0 Å². The Bertz CT molecular complexity index is 1240. The zero-order chi connectivity index (χ0) is 23.0. The lowest BCUT2D eigenvalue weighted by molar-refractivity contribution is -0.181. The standard InChI is InChI=1S/C25H24O7/c1-14(26)30-24(25(3,4)32-15(2)27)18-13-29-20-11-10-17-19(28)12-21(31-23(17)22(18)20)16-8-6-5-7-9-16/h5-12,18,24H,13H2,1-4H3/t18-,24-/m0/s1. The number of carbonyl (C=O) groups is 2. The Morgan fingerprint density at radius 2 is 1.78 bits per heavy atom. The van der Waals surface area contributed by atoms with Crippen molar-refractivity contribution in [3.63, 3.8) is 0 Å². The van der Waals surface area contributed by atoms with Crippen LogP contribution < -0.4 is 10.2 Å². The number of ether oxygens (including phenoxy) is 3. The van der Waals surface area contributed by atoms with Crippen molar-refractivity contribution in [3.8, 4) is 17.1 Å². The van der Waals surface area contributed by atoms with Gasteiger partial charge in [-0.3, -0.25) is 14.4 Å². The van der Waals surface area contributed by atoms with Crippen molar-refractivity contribution < 1.29 is 28.2 Å². The third-order valence-electron chi connectivity index (χ3n) is 5.49. The molecule has 0 N–H and O–H groups in total. The quantitative estimate of drug-likeness (QED) is 0.553. The second kappa shape index (κ2) is 8.15. The van der Waals surface area contributed by atoms with Crippen LogP contribution in [0, 0.1) is 0 Å². The monoisotopic (exact) mass is 436 g/mol. The molecule has 7 heteroatoms. The van der Waals surface area contributed by atoms with Gasteiger partial charge in [0.05, 0.1) is 17.9 Å². The van der Waals surface area contributed by atoms with Crippen molar-refractivity contribution in [3.05, 3.63) is 64.3 Å². The van der Waals surface area contributed by atoms with E-state index in [1.807, 2.05) is 30.3 Å². The molecule has 0 unspecified atom stereocenters. The Kier molecular flexibility index (Phi) is 5.50. The lowest BCUT2D eigenvalue weighted by atomic mass is 9.84. The predicted molar refractivity (Wildman–Crippen MR) is 118 cm³/mol. The summed E-state index contributed by atoms with van der Waals surface area (Å²) in [5.41, 5.74) is 0.404. The Balaban J connectivity index is 1.91. The summed E-state index contributed by atoms with van der Waals surface area (Å²) < 4.78 is 23.2. The number of fused-ring (bicyclic) bond motifs is 3. The van der Waals surface area contributed by atoms with Crippen LogP contribution in [0.25, 0.3) is 22.3 Å². The molecule has 0 saturated carbocycles. The van der Waals surface area contributed by atoms with Crippen molar-refractivity contribution in [1.82, 2.24) is 0 Å². The normalized spacial score (nSPS) is 16.2. The number of benzene rings is 2. The smallest absolute Gasteiger partial charge is 0.303 e. The van der Waals surface area contributed by atoms with E-state index in [9.17, 15) is 14.4 Å². The van der Waals surface area contributed by atoms with Gasteiger partial charge in [-0.1, -0.05) is 30.3 Å². The molecule has 3 aromatic rings. The molecule has 2 atom stereocenters. The maximum atomic E-state index is 12.9. The molecular formula is C25H24O7. The van der Waals surface area contributed by atoms with Gasteiger partial charge in [-0.2, -0.15) is 0 Å². The average Bonchev–Trinajstić information content (AvgIpc) is 3.15. The first-order valence-electron chi connectivity index (χ1n) is 10.3. The molecule has 1 aliphatic rings. The molecular weight excluding hydrogens is 412 g/mol. The zero-order valence-corrected chi connectivity index (χ0v) is 18.3. The van der Waals surface area contributed by atoms with E-state index in [4.69, 9.17) is 18.6 Å². The van der Waals surface area contributed by atoms with E-state index in [-0.39, 0.29) is 12.0 Å². The molecule has 7 nitrogen and oxygen atoms in total. The van der Waals surface area contributed by atoms with Gasteiger partial charge in [0.2, 0.25) is 0 Å². The second-order valence-corrected chi connectivity index (χ2v) is 8.34. The predicted octanol–water partition coefficient (Wildman–Crippen LogP) is 4.21. The molecule has 32 heavy (non-hydrogen) atoms. The number of rotatable bonds is 5. The lowest BCUT2D eigenvalue weighted by Gasteiger charge is -2.36. The maximum Gasteiger partial charge on any atom is 0.303 e. The summed E-state index contributed by atoms with van der Waals surface area (Å²) in [6.07, 6.45) is -0.860. The van der Waals surface area contributed by atoms with Crippen molar-refractivity contribution in [1.29, 1.82) is 0 Å². The molecule has 2 heterocycles. The molecule has 1 aromatic heterocycles. The van der Waals surface area contributed by atoms with Crippen LogP contribution >= 0.6 is 0 Å². The lowest BCUT2D eigenvalue weighted by Crippen LogP contribution is -2.47. The van der Waals surface area contributed by atoms with Crippen LogP contribution in [-0.2, 0) is 19.1 Å². The van der Waals surface area contributed by atoms with Crippen molar-refractivity contribution in [2.45, 2.75) is 45.3 Å². The number of hydrogen-bond acceptors (Lipinski definition) is 7. The van der Waals surface area contributed by atoms with Crippen molar-refractivity contribution in [2.75, 3.05) is 6.61 Å². The fourth-order valence-corrected chi connectivity index (χ4v) is 4.26. The molecule has 0 radical (unpaired) electrons. The molecule has 0 bridgehead atoms. The largest absolute Gasteiger partial charge is 0.492 e. The summed E-state index contributed by atoms with van der Waals surface area (Å²) in [7, 11) is 0. The first-order chi connectivity index (χ1) is 15.2. The van der Waals surface area contributed by atoms with Crippen LogP contribution in [0.15, 0.2) is 57.7 Å². The van der Waals surface area contributed by atoms with Gasteiger partial charge in [0.15, 0.2) is 11.5 Å². The minimum Gasteiger partial charge on any atom is -0.492 e.